The number of nitrogens with one attached hydrogen (secondary N) is 2. The van der Waals surface area contributed by atoms with E-state index >= 15 is 0 Å². The van der Waals surface area contributed by atoms with Crippen molar-refractivity contribution in [1.82, 2.24) is 19.9 Å². The Hall–Kier alpha value is -1.78. The van der Waals surface area contributed by atoms with Gasteiger partial charge >= 0.3 is 0 Å². The van der Waals surface area contributed by atoms with Crippen molar-refractivity contribution in [2.24, 2.45) is 0 Å². The van der Waals surface area contributed by atoms with Gasteiger partial charge in [-0.05, 0) is 6.07 Å². The lowest BCUT2D eigenvalue weighted by Crippen LogP contribution is -2.09. The van der Waals surface area contributed by atoms with Crippen LogP contribution in [0.15, 0.2) is 30.9 Å². The molecule has 0 amide bonds. The molecule has 0 aliphatic carbocycles. The van der Waals surface area contributed by atoms with Crippen LogP contribution in [0.2, 0.25) is 0 Å². The molecule has 0 aromatic carbocycles. The van der Waals surface area contributed by atoms with Crippen LogP contribution in [0.5, 0.6) is 0 Å². The van der Waals surface area contributed by atoms with Gasteiger partial charge < -0.3 is 4.98 Å². The summed E-state index contributed by atoms with van der Waals surface area (Å²) < 4.78 is 0. The van der Waals surface area contributed by atoms with Crippen LogP contribution in [0, 0.1) is 0 Å². The minimum Gasteiger partial charge on any atom is -0.330 e. The van der Waals surface area contributed by atoms with Crippen LogP contribution in [0.25, 0.3) is 0 Å². The van der Waals surface area contributed by atoms with E-state index in [1.54, 1.807) is 29.6 Å². The first-order valence-corrected chi connectivity index (χ1v) is 3.21. The Morgan fingerprint density at radius 2 is 2.45 bits per heavy atom. The summed E-state index contributed by atoms with van der Waals surface area (Å²) in [6, 6.07) is 1.83. The highest BCUT2D eigenvalue weighted by Gasteiger charge is 1.91. The van der Waals surface area contributed by atoms with Gasteiger partial charge in [0.2, 0.25) is 5.95 Å². The SMILES string of the molecule is c1cnn(Nc2ncc[nH]2)c1. The Balaban J connectivity index is 2.14. The first-order valence-electron chi connectivity index (χ1n) is 3.21. The zero-order valence-corrected chi connectivity index (χ0v) is 5.73. The number of hydrogen-bond acceptors (Lipinski definition) is 3. The molecule has 0 spiro atoms. The van der Waals surface area contributed by atoms with Crippen LogP contribution in [0.4, 0.5) is 5.95 Å². The first-order chi connectivity index (χ1) is 5.45. The van der Waals surface area contributed by atoms with E-state index in [1.807, 2.05) is 6.07 Å². The van der Waals surface area contributed by atoms with E-state index in [1.165, 1.54) is 0 Å². The first kappa shape index (κ1) is 5.96. The molecule has 0 fully saturated rings. The zero-order chi connectivity index (χ0) is 7.52. The summed E-state index contributed by atoms with van der Waals surface area (Å²) in [7, 11) is 0. The molecule has 0 saturated carbocycles. The number of hydrogen-bond donors (Lipinski definition) is 2. The van der Waals surface area contributed by atoms with Gasteiger partial charge in [-0.1, -0.05) is 0 Å². The van der Waals surface area contributed by atoms with Gasteiger partial charge in [0.15, 0.2) is 0 Å². The maximum absolute atomic E-state index is 3.96. The van der Waals surface area contributed by atoms with Gasteiger partial charge in [0.25, 0.3) is 0 Å². The lowest BCUT2D eigenvalue weighted by atomic mass is 10.8. The zero-order valence-electron chi connectivity index (χ0n) is 5.73. The minimum absolute atomic E-state index is 0.675. The fourth-order valence-electron chi connectivity index (χ4n) is 0.770. The number of aromatic amines is 1. The predicted molar refractivity (Wildman–Crippen MR) is 39.8 cm³/mol. The molecule has 2 aromatic heterocycles. The van der Waals surface area contributed by atoms with E-state index in [0.717, 1.165) is 0 Å². The third-order valence-corrected chi connectivity index (χ3v) is 1.22. The van der Waals surface area contributed by atoms with Crippen molar-refractivity contribution in [3.63, 3.8) is 0 Å². The highest BCUT2D eigenvalue weighted by molar-refractivity contribution is 5.21. The number of nitrogens with zero attached hydrogens (tertiary/aromatic N) is 3. The molecule has 0 unspecified atom stereocenters. The molecule has 0 radical (unpaired) electrons. The van der Waals surface area contributed by atoms with Crippen LogP contribution in [-0.2, 0) is 0 Å². The summed E-state index contributed by atoms with van der Waals surface area (Å²) in [6.07, 6.45) is 6.90. The fraction of sp³-hybridized carbons (Fsp3) is 0. The highest BCUT2D eigenvalue weighted by atomic mass is 15.6. The molecule has 0 aliphatic heterocycles. The number of anilines is 1. The molecule has 0 atom stereocenters. The molecule has 0 bridgehead atoms. The lowest BCUT2D eigenvalue weighted by Gasteiger charge is -1.99. The average Bonchev–Trinajstić information content (AvgIpc) is 2.60. The van der Waals surface area contributed by atoms with Gasteiger partial charge in [-0.15, -0.1) is 0 Å². The summed E-state index contributed by atoms with van der Waals surface area (Å²) in [5, 5.41) is 3.94. The topological polar surface area (TPSA) is 58.5 Å². The fourth-order valence-corrected chi connectivity index (χ4v) is 0.770. The largest absolute Gasteiger partial charge is 0.330 e. The lowest BCUT2D eigenvalue weighted by molar-refractivity contribution is 0.790. The van der Waals surface area contributed by atoms with Crippen LogP contribution in [-0.4, -0.2) is 19.9 Å². The molecule has 2 N–H and O–H groups in total. The molecular weight excluding hydrogens is 142 g/mol. The standard InChI is InChI=1S/C6H7N5/c1-2-9-11(5-1)10-6-7-3-4-8-6/h1-5H,(H2,7,8,10). The third kappa shape index (κ3) is 1.21. The maximum atomic E-state index is 3.96. The van der Waals surface area contributed by atoms with E-state index in [2.05, 4.69) is 20.5 Å². The van der Waals surface area contributed by atoms with Crippen molar-refractivity contribution in [1.29, 1.82) is 0 Å². The van der Waals surface area contributed by atoms with E-state index in [-0.39, 0.29) is 0 Å². The normalized spacial score (nSPS) is 9.82. The van der Waals surface area contributed by atoms with Crippen LogP contribution in [0.1, 0.15) is 0 Å². The summed E-state index contributed by atoms with van der Waals surface area (Å²) in [5.74, 6) is 0.675. The number of H-pyrrole nitrogens is 1. The van der Waals surface area contributed by atoms with E-state index in [9.17, 15) is 0 Å². The van der Waals surface area contributed by atoms with Crippen molar-refractivity contribution >= 4 is 5.95 Å². The van der Waals surface area contributed by atoms with Crippen molar-refractivity contribution in [3.8, 4) is 0 Å². The summed E-state index contributed by atoms with van der Waals surface area (Å²) in [6.45, 7) is 0. The third-order valence-electron chi connectivity index (χ3n) is 1.22. The number of imidazole rings is 1. The molecule has 11 heavy (non-hydrogen) atoms. The Morgan fingerprint density at radius 3 is 3.09 bits per heavy atom. The summed E-state index contributed by atoms with van der Waals surface area (Å²) in [5.41, 5.74) is 2.90. The van der Waals surface area contributed by atoms with Gasteiger partial charge in [0.1, 0.15) is 0 Å². The summed E-state index contributed by atoms with van der Waals surface area (Å²) >= 11 is 0. The Morgan fingerprint density at radius 1 is 1.45 bits per heavy atom. The van der Waals surface area contributed by atoms with E-state index < -0.39 is 0 Å². The van der Waals surface area contributed by atoms with Crippen LogP contribution in [0.3, 0.4) is 0 Å². The Labute approximate surface area is 63.0 Å². The molecule has 2 aromatic rings. The predicted octanol–water partition coefficient (Wildman–Crippen LogP) is 0.481. The second-order valence-electron chi connectivity index (χ2n) is 2.00. The maximum Gasteiger partial charge on any atom is 0.220 e. The van der Waals surface area contributed by atoms with Gasteiger partial charge in [-0.25, -0.2) is 10.4 Å². The average molecular weight is 149 g/mol. The number of rotatable bonds is 2. The van der Waals surface area contributed by atoms with Gasteiger partial charge in [0, 0.05) is 18.6 Å². The Bertz CT molecular complexity index is 263. The molecule has 56 valence electrons. The number of aromatic nitrogens is 4. The van der Waals surface area contributed by atoms with Crippen LogP contribution < -0.4 is 5.43 Å². The summed E-state index contributed by atoms with van der Waals surface area (Å²) in [4.78, 5) is 8.42. The second-order valence-corrected chi connectivity index (χ2v) is 2.00. The molecular formula is C6H7N5. The molecule has 5 nitrogen and oxygen atoms in total. The molecule has 5 heteroatoms. The van der Waals surface area contributed by atoms with Crippen LogP contribution >= 0.6 is 0 Å². The minimum atomic E-state index is 0.675. The van der Waals surface area contributed by atoms with E-state index in [4.69, 9.17) is 0 Å². The highest BCUT2D eigenvalue weighted by Crippen LogP contribution is 1.94. The smallest absolute Gasteiger partial charge is 0.220 e. The molecule has 0 aliphatic rings. The van der Waals surface area contributed by atoms with Crippen molar-refractivity contribution in [2.75, 3.05) is 5.43 Å². The second kappa shape index (κ2) is 2.45. The van der Waals surface area contributed by atoms with Gasteiger partial charge in [-0.2, -0.15) is 9.89 Å². The van der Waals surface area contributed by atoms with Gasteiger partial charge in [0.05, 0.1) is 6.20 Å². The molecule has 0 saturated heterocycles. The van der Waals surface area contributed by atoms with Crippen molar-refractivity contribution < 1.29 is 0 Å². The van der Waals surface area contributed by atoms with Gasteiger partial charge in [-0.3, -0.25) is 0 Å². The monoisotopic (exact) mass is 149 g/mol. The quantitative estimate of drug-likeness (QED) is 0.653. The van der Waals surface area contributed by atoms with Crippen molar-refractivity contribution in [2.45, 2.75) is 0 Å². The molecule has 2 rings (SSSR count). The van der Waals surface area contributed by atoms with Crippen molar-refractivity contribution in [3.05, 3.63) is 30.9 Å². The Kier molecular flexibility index (Phi) is 1.33. The molecule has 2 heterocycles. The van der Waals surface area contributed by atoms with E-state index in [0.29, 0.717) is 5.95 Å².